The third-order valence-corrected chi connectivity index (χ3v) is 4.84. The van der Waals surface area contributed by atoms with E-state index in [1.165, 1.54) is 0 Å². The Bertz CT molecular complexity index is 814. The number of anilines is 1. The summed E-state index contributed by atoms with van der Waals surface area (Å²) < 4.78 is 39.5. The number of carbonyl (C=O) groups excluding carboxylic acids is 1. The molecule has 0 radical (unpaired) electrons. The van der Waals surface area contributed by atoms with E-state index in [2.05, 4.69) is 15.3 Å². The molecule has 3 rings (SSSR count). The SMILES string of the molecule is O=C(CSc1nc2c(c(C(F)(F)F)n1)CCC2)Nc1ccccc1Cl. The standard InChI is InChI=1S/C16H13ClF3N3OS/c17-10-5-1-2-6-12(10)21-13(24)8-25-15-22-11-7-3-4-9(11)14(23-15)16(18,19)20/h1-2,5-6H,3-4,7-8H2,(H,21,24). The van der Waals surface area contributed by atoms with Gasteiger partial charge in [0.1, 0.15) is 0 Å². The van der Waals surface area contributed by atoms with Gasteiger partial charge >= 0.3 is 6.18 Å². The summed E-state index contributed by atoms with van der Waals surface area (Å²) in [6.45, 7) is 0. The number of fused-ring (bicyclic) bond motifs is 1. The molecule has 1 heterocycles. The largest absolute Gasteiger partial charge is 0.433 e. The summed E-state index contributed by atoms with van der Waals surface area (Å²) in [6.07, 6.45) is -3.05. The number of hydrogen-bond donors (Lipinski definition) is 1. The lowest BCUT2D eigenvalue weighted by atomic mass is 10.2. The number of aromatic nitrogens is 2. The van der Waals surface area contributed by atoms with Crippen molar-refractivity contribution in [3.63, 3.8) is 0 Å². The van der Waals surface area contributed by atoms with Crippen molar-refractivity contribution in [2.75, 3.05) is 11.1 Å². The summed E-state index contributed by atoms with van der Waals surface area (Å²) in [5.41, 5.74) is 0.165. The van der Waals surface area contributed by atoms with Crippen LogP contribution in [0.4, 0.5) is 18.9 Å². The summed E-state index contributed by atoms with van der Waals surface area (Å²) in [5.74, 6) is -0.503. The number of rotatable bonds is 4. The van der Waals surface area contributed by atoms with Gasteiger partial charge in [-0.1, -0.05) is 35.5 Å². The quantitative estimate of drug-likeness (QED) is 0.625. The van der Waals surface area contributed by atoms with E-state index in [1.807, 2.05) is 0 Å². The van der Waals surface area contributed by atoms with Gasteiger partial charge in [0.15, 0.2) is 10.9 Å². The Morgan fingerprint density at radius 1 is 1.24 bits per heavy atom. The first-order valence-electron chi connectivity index (χ1n) is 7.49. The van der Waals surface area contributed by atoms with Crippen molar-refractivity contribution >= 4 is 35.0 Å². The Morgan fingerprint density at radius 3 is 2.72 bits per heavy atom. The maximum absolute atomic E-state index is 13.2. The van der Waals surface area contributed by atoms with Gasteiger partial charge < -0.3 is 5.32 Å². The lowest BCUT2D eigenvalue weighted by Gasteiger charge is -2.12. The molecule has 0 saturated carbocycles. The van der Waals surface area contributed by atoms with Gasteiger partial charge in [-0.2, -0.15) is 13.2 Å². The Kier molecular flexibility index (Phi) is 5.19. The van der Waals surface area contributed by atoms with Crippen molar-refractivity contribution < 1.29 is 18.0 Å². The number of nitrogens with one attached hydrogen (secondary N) is 1. The lowest BCUT2D eigenvalue weighted by Crippen LogP contribution is -2.16. The molecule has 4 nitrogen and oxygen atoms in total. The highest BCUT2D eigenvalue weighted by atomic mass is 35.5. The van der Waals surface area contributed by atoms with Crippen molar-refractivity contribution in [3.05, 3.63) is 46.2 Å². The fourth-order valence-electron chi connectivity index (χ4n) is 2.59. The highest BCUT2D eigenvalue weighted by Crippen LogP contribution is 2.36. The van der Waals surface area contributed by atoms with Crippen LogP contribution in [0.2, 0.25) is 5.02 Å². The Hall–Kier alpha value is -1.80. The molecule has 1 aromatic heterocycles. The summed E-state index contributed by atoms with van der Waals surface area (Å²) in [7, 11) is 0. The number of thioether (sulfide) groups is 1. The van der Waals surface area contributed by atoms with E-state index in [0.717, 1.165) is 11.8 Å². The van der Waals surface area contributed by atoms with E-state index in [4.69, 9.17) is 11.6 Å². The number of carbonyl (C=O) groups is 1. The first kappa shape index (κ1) is 18.0. The molecule has 0 aliphatic heterocycles. The van der Waals surface area contributed by atoms with Crippen LogP contribution in [0, 0.1) is 0 Å². The van der Waals surface area contributed by atoms with Crippen molar-refractivity contribution in [1.29, 1.82) is 0 Å². The van der Waals surface area contributed by atoms with Gasteiger partial charge in [-0.25, -0.2) is 9.97 Å². The zero-order valence-electron chi connectivity index (χ0n) is 12.9. The minimum atomic E-state index is -4.52. The van der Waals surface area contributed by atoms with Gasteiger partial charge in [-0.3, -0.25) is 4.79 Å². The third kappa shape index (κ3) is 4.24. The number of halogens is 4. The van der Waals surface area contributed by atoms with Crippen LogP contribution in [0.1, 0.15) is 23.4 Å². The van der Waals surface area contributed by atoms with Gasteiger partial charge in [0, 0.05) is 11.3 Å². The molecule has 9 heteroatoms. The van der Waals surface area contributed by atoms with Gasteiger partial charge in [-0.05, 0) is 31.4 Å². The number of alkyl halides is 3. The van der Waals surface area contributed by atoms with Crippen molar-refractivity contribution in [1.82, 2.24) is 9.97 Å². The number of benzene rings is 1. The van der Waals surface area contributed by atoms with Crippen LogP contribution in [0.5, 0.6) is 0 Å². The number of nitrogens with zero attached hydrogens (tertiary/aromatic N) is 2. The van der Waals surface area contributed by atoms with Gasteiger partial charge in [0.2, 0.25) is 5.91 Å². The molecule has 0 spiro atoms. The Morgan fingerprint density at radius 2 is 2.00 bits per heavy atom. The third-order valence-electron chi connectivity index (χ3n) is 3.66. The zero-order valence-corrected chi connectivity index (χ0v) is 14.4. The van der Waals surface area contributed by atoms with Gasteiger partial charge in [0.05, 0.1) is 16.5 Å². The molecule has 1 N–H and O–H groups in total. The summed E-state index contributed by atoms with van der Waals surface area (Å²) in [4.78, 5) is 19.8. The molecular formula is C16H13ClF3N3OS. The highest BCUT2D eigenvalue weighted by Gasteiger charge is 2.38. The minimum Gasteiger partial charge on any atom is -0.324 e. The maximum atomic E-state index is 13.2. The van der Waals surface area contributed by atoms with Crippen LogP contribution < -0.4 is 5.32 Å². The van der Waals surface area contributed by atoms with Crippen LogP contribution in [-0.4, -0.2) is 21.6 Å². The van der Waals surface area contributed by atoms with Gasteiger partial charge in [-0.15, -0.1) is 0 Å². The van der Waals surface area contributed by atoms with Crippen molar-refractivity contribution in [2.45, 2.75) is 30.6 Å². The Balaban J connectivity index is 1.71. The molecule has 0 atom stereocenters. The van der Waals surface area contributed by atoms with E-state index in [9.17, 15) is 18.0 Å². The summed E-state index contributed by atoms with van der Waals surface area (Å²) in [6, 6.07) is 6.71. The molecule has 0 unspecified atom stereocenters. The van der Waals surface area contributed by atoms with E-state index < -0.39 is 17.8 Å². The number of amides is 1. The fourth-order valence-corrected chi connectivity index (χ4v) is 3.43. The van der Waals surface area contributed by atoms with Crippen LogP contribution >= 0.6 is 23.4 Å². The fraction of sp³-hybridized carbons (Fsp3) is 0.312. The molecule has 1 amide bonds. The minimum absolute atomic E-state index is 0.0396. The Labute approximate surface area is 151 Å². The second-order valence-corrected chi connectivity index (χ2v) is 6.80. The van der Waals surface area contributed by atoms with E-state index in [0.29, 0.717) is 35.7 Å². The first-order valence-corrected chi connectivity index (χ1v) is 8.85. The average molecular weight is 388 g/mol. The molecule has 1 aliphatic rings. The van der Waals surface area contributed by atoms with Crippen molar-refractivity contribution in [3.8, 4) is 0 Å². The molecule has 1 aliphatic carbocycles. The number of para-hydroxylation sites is 1. The van der Waals surface area contributed by atoms with E-state index in [1.54, 1.807) is 24.3 Å². The lowest BCUT2D eigenvalue weighted by molar-refractivity contribution is -0.142. The highest BCUT2D eigenvalue weighted by molar-refractivity contribution is 7.99. The monoisotopic (exact) mass is 387 g/mol. The second-order valence-electron chi connectivity index (χ2n) is 5.45. The van der Waals surface area contributed by atoms with Crippen molar-refractivity contribution in [2.24, 2.45) is 0 Å². The second kappa shape index (κ2) is 7.21. The smallest absolute Gasteiger partial charge is 0.324 e. The van der Waals surface area contributed by atoms with Crippen LogP contribution in [0.3, 0.4) is 0 Å². The molecular weight excluding hydrogens is 375 g/mol. The zero-order chi connectivity index (χ0) is 18.0. The first-order chi connectivity index (χ1) is 11.8. The van der Waals surface area contributed by atoms with Crippen LogP contribution in [-0.2, 0) is 23.8 Å². The summed E-state index contributed by atoms with van der Waals surface area (Å²) >= 11 is 6.82. The maximum Gasteiger partial charge on any atom is 0.433 e. The predicted molar refractivity (Wildman–Crippen MR) is 89.9 cm³/mol. The molecule has 25 heavy (non-hydrogen) atoms. The number of hydrogen-bond acceptors (Lipinski definition) is 4. The molecule has 0 saturated heterocycles. The molecule has 1 aromatic carbocycles. The molecule has 0 bridgehead atoms. The normalized spacial score (nSPS) is 13.6. The van der Waals surface area contributed by atoms with Crippen LogP contribution in [0.25, 0.3) is 0 Å². The number of aryl methyl sites for hydroxylation is 1. The average Bonchev–Trinajstić information content (AvgIpc) is 3.01. The predicted octanol–water partition coefficient (Wildman–Crippen LogP) is 4.37. The van der Waals surface area contributed by atoms with Gasteiger partial charge in [0.25, 0.3) is 0 Å². The summed E-state index contributed by atoms with van der Waals surface area (Å²) in [5, 5.41) is 2.95. The van der Waals surface area contributed by atoms with Crippen LogP contribution in [0.15, 0.2) is 29.4 Å². The van der Waals surface area contributed by atoms with E-state index in [-0.39, 0.29) is 16.5 Å². The molecule has 2 aromatic rings. The van der Waals surface area contributed by atoms with E-state index >= 15 is 0 Å². The topological polar surface area (TPSA) is 54.9 Å². The molecule has 0 fully saturated rings. The molecule has 132 valence electrons.